The van der Waals surface area contributed by atoms with E-state index in [-0.39, 0.29) is 16.9 Å². The first-order valence-electron chi connectivity index (χ1n) is 7.41. The molecule has 3 N–H and O–H groups in total. The molecular formula is C17H17N3O4. The third-order valence-corrected chi connectivity index (χ3v) is 3.60. The van der Waals surface area contributed by atoms with Gasteiger partial charge in [0, 0.05) is 37.1 Å². The van der Waals surface area contributed by atoms with Gasteiger partial charge in [-0.1, -0.05) is 0 Å². The topological polar surface area (TPSA) is 117 Å². The number of aromatic hydroxyl groups is 1. The Labute approximate surface area is 138 Å². The summed E-state index contributed by atoms with van der Waals surface area (Å²) >= 11 is 0. The van der Waals surface area contributed by atoms with Crippen molar-refractivity contribution in [3.63, 3.8) is 0 Å². The molecule has 1 saturated heterocycles. The Hall–Kier alpha value is -3.27. The highest BCUT2D eigenvalue weighted by molar-refractivity contribution is 5.86. The molecule has 1 aromatic heterocycles. The summed E-state index contributed by atoms with van der Waals surface area (Å²) < 4.78 is 0. The third kappa shape index (κ3) is 4.36. The van der Waals surface area contributed by atoms with Crippen LogP contribution in [0, 0.1) is 11.3 Å². The molecular weight excluding hydrogens is 310 g/mol. The number of rotatable bonds is 2. The van der Waals surface area contributed by atoms with E-state index in [0.717, 1.165) is 25.0 Å². The molecule has 1 aromatic carbocycles. The Morgan fingerprint density at radius 3 is 2.42 bits per heavy atom. The number of phenols is 1. The molecule has 2 aromatic rings. The van der Waals surface area contributed by atoms with Crippen LogP contribution in [0.5, 0.6) is 5.75 Å². The summed E-state index contributed by atoms with van der Waals surface area (Å²) in [5, 5.41) is 26.5. The maximum absolute atomic E-state index is 10.4. The van der Waals surface area contributed by atoms with E-state index in [9.17, 15) is 14.7 Å². The van der Waals surface area contributed by atoms with Crippen molar-refractivity contribution in [3.8, 4) is 11.8 Å². The van der Waals surface area contributed by atoms with Crippen molar-refractivity contribution < 1.29 is 15.0 Å². The van der Waals surface area contributed by atoms with Crippen LogP contribution in [0.4, 0.5) is 5.69 Å². The molecule has 24 heavy (non-hydrogen) atoms. The van der Waals surface area contributed by atoms with Crippen LogP contribution in [0.15, 0.2) is 41.3 Å². The Morgan fingerprint density at radius 2 is 1.92 bits per heavy atom. The number of aromatic carboxylic acids is 1. The zero-order chi connectivity index (χ0) is 17.5. The van der Waals surface area contributed by atoms with Crippen LogP contribution < -0.4 is 10.5 Å². The van der Waals surface area contributed by atoms with Gasteiger partial charge in [-0.25, -0.2) is 4.79 Å². The first-order valence-corrected chi connectivity index (χ1v) is 7.41. The number of H-pyrrole nitrogens is 1. The second kappa shape index (κ2) is 7.83. The minimum absolute atomic E-state index is 0.0805. The summed E-state index contributed by atoms with van der Waals surface area (Å²) in [5.74, 6) is -0.965. The number of aromatic amines is 1. The molecule has 124 valence electrons. The number of carboxylic acid groups (broad SMARTS) is 1. The highest BCUT2D eigenvalue weighted by atomic mass is 16.4. The molecule has 7 heteroatoms. The van der Waals surface area contributed by atoms with Crippen LogP contribution >= 0.6 is 0 Å². The van der Waals surface area contributed by atoms with E-state index in [1.165, 1.54) is 25.0 Å². The van der Waals surface area contributed by atoms with Gasteiger partial charge >= 0.3 is 5.97 Å². The molecule has 7 nitrogen and oxygen atoms in total. The Balaban J connectivity index is 0.000000185. The van der Waals surface area contributed by atoms with Crippen LogP contribution in [0.2, 0.25) is 0 Å². The maximum Gasteiger partial charge on any atom is 0.337 e. The van der Waals surface area contributed by atoms with Crippen molar-refractivity contribution in [2.75, 3.05) is 18.0 Å². The number of aromatic nitrogens is 1. The molecule has 0 spiro atoms. The molecule has 2 heterocycles. The van der Waals surface area contributed by atoms with Crippen LogP contribution in [-0.4, -0.2) is 34.3 Å². The smallest absolute Gasteiger partial charge is 0.337 e. The largest absolute Gasteiger partial charge is 0.506 e. The first kappa shape index (κ1) is 17.1. The van der Waals surface area contributed by atoms with E-state index < -0.39 is 5.97 Å². The van der Waals surface area contributed by atoms with Gasteiger partial charge in [-0.2, -0.15) is 5.26 Å². The fourth-order valence-electron chi connectivity index (χ4n) is 2.33. The van der Waals surface area contributed by atoms with Gasteiger partial charge in [-0.15, -0.1) is 0 Å². The zero-order valence-electron chi connectivity index (χ0n) is 12.9. The Kier molecular flexibility index (Phi) is 5.58. The molecule has 0 bridgehead atoms. The van der Waals surface area contributed by atoms with Crippen molar-refractivity contribution in [2.45, 2.75) is 12.8 Å². The number of phenolic OH excluding ortho intramolecular Hbond substituents is 1. The number of nitrogens with one attached hydrogen (secondary N) is 1. The fourth-order valence-corrected chi connectivity index (χ4v) is 2.33. The molecule has 0 saturated carbocycles. The molecule has 1 aliphatic heterocycles. The van der Waals surface area contributed by atoms with Gasteiger partial charge in [-0.05, 0) is 31.0 Å². The van der Waals surface area contributed by atoms with E-state index in [1.807, 2.05) is 12.1 Å². The lowest BCUT2D eigenvalue weighted by Gasteiger charge is -2.17. The molecule has 0 aliphatic carbocycles. The van der Waals surface area contributed by atoms with Gasteiger partial charge in [0.1, 0.15) is 11.8 Å². The predicted octanol–water partition coefficient (Wildman–Crippen LogP) is 1.94. The number of carboxylic acids is 1. The lowest BCUT2D eigenvalue weighted by Crippen LogP contribution is -2.17. The number of anilines is 1. The van der Waals surface area contributed by atoms with Gasteiger partial charge in [0.2, 0.25) is 5.56 Å². The zero-order valence-corrected chi connectivity index (χ0v) is 12.9. The van der Waals surface area contributed by atoms with E-state index in [4.69, 9.17) is 10.4 Å². The summed E-state index contributed by atoms with van der Waals surface area (Å²) in [6, 6.07) is 9.60. The van der Waals surface area contributed by atoms with E-state index in [2.05, 4.69) is 9.88 Å². The minimum atomic E-state index is -1.05. The predicted molar refractivity (Wildman–Crippen MR) is 88.3 cm³/mol. The lowest BCUT2D eigenvalue weighted by molar-refractivity contribution is 0.0696. The molecule has 0 amide bonds. The summed E-state index contributed by atoms with van der Waals surface area (Å²) in [7, 11) is 0. The number of benzene rings is 1. The first-order chi connectivity index (χ1) is 11.5. The molecule has 1 fully saturated rings. The van der Waals surface area contributed by atoms with E-state index >= 15 is 0 Å². The molecule has 1 aliphatic rings. The van der Waals surface area contributed by atoms with E-state index in [0.29, 0.717) is 5.56 Å². The number of nitrogens with zero attached hydrogens (tertiary/aromatic N) is 2. The van der Waals surface area contributed by atoms with Crippen molar-refractivity contribution in [3.05, 3.63) is 58.0 Å². The number of carbonyl (C=O) groups is 1. The highest BCUT2D eigenvalue weighted by Gasteiger charge is 2.13. The Bertz CT molecular complexity index is 797. The van der Waals surface area contributed by atoms with Crippen LogP contribution in [0.1, 0.15) is 28.8 Å². The fraction of sp³-hybridized carbons (Fsp3) is 0.235. The van der Waals surface area contributed by atoms with Crippen LogP contribution in [0.3, 0.4) is 0 Å². The quantitative estimate of drug-likeness (QED) is 0.776. The summed E-state index contributed by atoms with van der Waals surface area (Å²) in [5.41, 5.74) is 1.14. The Morgan fingerprint density at radius 1 is 1.21 bits per heavy atom. The minimum Gasteiger partial charge on any atom is -0.506 e. The average Bonchev–Trinajstić information content (AvgIpc) is 3.10. The molecule has 0 radical (unpaired) electrons. The van der Waals surface area contributed by atoms with Crippen molar-refractivity contribution >= 4 is 11.7 Å². The lowest BCUT2D eigenvalue weighted by atomic mass is 10.2. The van der Waals surface area contributed by atoms with Crippen LogP contribution in [-0.2, 0) is 0 Å². The summed E-state index contributed by atoms with van der Waals surface area (Å²) in [6.07, 6.45) is 3.58. The van der Waals surface area contributed by atoms with Gasteiger partial charge in [0.15, 0.2) is 0 Å². The second-order valence-corrected chi connectivity index (χ2v) is 5.25. The van der Waals surface area contributed by atoms with Gasteiger partial charge in [-0.3, -0.25) is 4.79 Å². The number of hydrogen-bond acceptors (Lipinski definition) is 5. The van der Waals surface area contributed by atoms with Crippen LogP contribution in [0.25, 0.3) is 0 Å². The van der Waals surface area contributed by atoms with Crippen molar-refractivity contribution in [1.82, 2.24) is 4.98 Å². The molecule has 0 atom stereocenters. The normalized spacial score (nSPS) is 12.9. The monoisotopic (exact) mass is 327 g/mol. The number of pyridine rings is 1. The number of nitriles is 1. The van der Waals surface area contributed by atoms with Gasteiger partial charge in [0.05, 0.1) is 11.1 Å². The molecule has 0 unspecified atom stereocenters. The van der Waals surface area contributed by atoms with E-state index in [1.54, 1.807) is 12.1 Å². The summed E-state index contributed by atoms with van der Waals surface area (Å²) in [4.78, 5) is 25.1. The number of hydrogen-bond donors (Lipinski definition) is 3. The molecule has 3 rings (SSSR count). The summed E-state index contributed by atoms with van der Waals surface area (Å²) in [6.45, 7) is 2.09. The maximum atomic E-state index is 10.4. The SMILES string of the molecule is N#Cc1ccc(N2CCCC2)cc1O.O=C(O)c1ccc(=O)[nH]c1. The second-order valence-electron chi connectivity index (χ2n) is 5.25. The standard InChI is InChI=1S/C11H12N2O.C6H5NO3/c12-8-9-3-4-10(7-11(9)14)13-5-1-2-6-13;8-5-2-1-4(3-7-5)6(9)10/h3-4,7,14H,1-2,5-6H2;1-3H,(H,7,8)(H,9,10). The highest BCUT2D eigenvalue weighted by Crippen LogP contribution is 2.26. The average molecular weight is 327 g/mol. The van der Waals surface area contributed by atoms with Gasteiger partial charge < -0.3 is 20.1 Å². The van der Waals surface area contributed by atoms with Crippen molar-refractivity contribution in [1.29, 1.82) is 5.26 Å². The third-order valence-electron chi connectivity index (χ3n) is 3.60. The van der Waals surface area contributed by atoms with Gasteiger partial charge in [0.25, 0.3) is 0 Å². The van der Waals surface area contributed by atoms with Crippen molar-refractivity contribution in [2.24, 2.45) is 0 Å².